The number of hydrogen-bond acceptors (Lipinski definition) is 5. The molecule has 0 spiro atoms. The van der Waals surface area contributed by atoms with Crippen molar-refractivity contribution >= 4 is 28.7 Å². The van der Waals surface area contributed by atoms with Crippen molar-refractivity contribution in [2.45, 2.75) is 25.7 Å². The summed E-state index contributed by atoms with van der Waals surface area (Å²) in [4.78, 5) is 23.9. The summed E-state index contributed by atoms with van der Waals surface area (Å²) >= 11 is 0. The molecule has 1 unspecified atom stereocenters. The van der Waals surface area contributed by atoms with E-state index in [0.29, 0.717) is 29.4 Å². The van der Waals surface area contributed by atoms with Gasteiger partial charge < -0.3 is 10.1 Å². The summed E-state index contributed by atoms with van der Waals surface area (Å²) in [5, 5.41) is 3.02. The molecule has 1 amide bonds. The predicted octanol–water partition coefficient (Wildman–Crippen LogP) is 4.78. The number of amides is 1. The van der Waals surface area contributed by atoms with E-state index in [1.807, 2.05) is 12.1 Å². The molecule has 1 aromatic carbocycles. The second kappa shape index (κ2) is 10.9. The van der Waals surface area contributed by atoms with E-state index in [-0.39, 0.29) is 5.91 Å². The van der Waals surface area contributed by atoms with Gasteiger partial charge in [0.15, 0.2) is 0 Å². The molecular formula is C26H30N4O2. The minimum Gasteiger partial charge on any atom is -0.481 e. The quantitative estimate of drug-likeness (QED) is 0.557. The molecule has 3 heterocycles. The van der Waals surface area contributed by atoms with Crippen molar-refractivity contribution in [3.05, 3.63) is 66.4 Å². The molecule has 1 atom stereocenters. The number of pyridine rings is 2. The number of fused-ring (bicyclic) bond motifs is 1. The lowest BCUT2D eigenvalue weighted by atomic mass is 9.93. The number of hydrogen-bond donors (Lipinski definition) is 1. The maximum atomic E-state index is 12.6. The Hall–Kier alpha value is -3.25. The standard InChI is InChI=1S/C26H30N4O2/c1-32-25-14-12-22-26(29-25)23(15-16-27-22)28-24(31)13-11-21-10-6-18-30(19-21)17-5-9-20-7-3-2-4-8-20/h2-5,7-9,12,14-16,21H,6,10-11,13,17-19H2,1H3,(H,27,28,31). The number of methoxy groups -OCH3 is 1. The van der Waals surface area contributed by atoms with Gasteiger partial charge in [0.1, 0.15) is 5.52 Å². The summed E-state index contributed by atoms with van der Waals surface area (Å²) in [5.74, 6) is 1.07. The zero-order chi connectivity index (χ0) is 22.2. The lowest BCUT2D eigenvalue weighted by molar-refractivity contribution is -0.116. The van der Waals surface area contributed by atoms with E-state index < -0.39 is 0 Å². The van der Waals surface area contributed by atoms with Crippen molar-refractivity contribution in [1.82, 2.24) is 14.9 Å². The van der Waals surface area contributed by atoms with Crippen LogP contribution in [0.1, 0.15) is 31.2 Å². The number of aromatic nitrogens is 2. The summed E-state index contributed by atoms with van der Waals surface area (Å²) in [6, 6.07) is 15.8. The number of likely N-dealkylation sites (tertiary alicyclic amines) is 1. The fourth-order valence-corrected chi connectivity index (χ4v) is 4.22. The first-order valence-electron chi connectivity index (χ1n) is 11.2. The number of carbonyl (C=O) groups excluding carboxylic acids is 1. The summed E-state index contributed by atoms with van der Waals surface area (Å²) < 4.78 is 5.21. The third-order valence-corrected chi connectivity index (χ3v) is 5.90. The Balaban J connectivity index is 1.27. The molecule has 0 bridgehead atoms. The Morgan fingerprint density at radius 2 is 2.09 bits per heavy atom. The molecule has 1 fully saturated rings. The summed E-state index contributed by atoms with van der Waals surface area (Å²) in [5.41, 5.74) is 3.29. The molecule has 0 aliphatic carbocycles. The second-order valence-electron chi connectivity index (χ2n) is 8.25. The van der Waals surface area contributed by atoms with Crippen molar-refractivity contribution < 1.29 is 9.53 Å². The van der Waals surface area contributed by atoms with E-state index in [2.05, 4.69) is 56.6 Å². The molecule has 2 aromatic heterocycles. The molecule has 0 saturated carbocycles. The van der Waals surface area contributed by atoms with Crippen LogP contribution in [-0.2, 0) is 4.79 Å². The van der Waals surface area contributed by atoms with Gasteiger partial charge >= 0.3 is 0 Å². The van der Waals surface area contributed by atoms with Crippen LogP contribution in [0.4, 0.5) is 5.69 Å². The zero-order valence-electron chi connectivity index (χ0n) is 18.5. The molecule has 0 radical (unpaired) electrons. The van der Waals surface area contributed by atoms with E-state index in [0.717, 1.165) is 31.6 Å². The van der Waals surface area contributed by atoms with E-state index in [9.17, 15) is 4.79 Å². The minimum atomic E-state index is 0.0169. The zero-order valence-corrected chi connectivity index (χ0v) is 18.5. The first kappa shape index (κ1) is 22.0. The van der Waals surface area contributed by atoms with Gasteiger partial charge in [-0.1, -0.05) is 42.5 Å². The smallest absolute Gasteiger partial charge is 0.224 e. The molecule has 1 N–H and O–H groups in total. The normalized spacial score (nSPS) is 17.0. The van der Waals surface area contributed by atoms with Crippen LogP contribution >= 0.6 is 0 Å². The van der Waals surface area contributed by atoms with Crippen LogP contribution in [0.3, 0.4) is 0 Å². The predicted molar refractivity (Wildman–Crippen MR) is 129 cm³/mol. The highest BCUT2D eigenvalue weighted by Crippen LogP contribution is 2.24. The number of ether oxygens (including phenoxy) is 1. The number of benzene rings is 1. The molecule has 3 aromatic rings. The van der Waals surface area contributed by atoms with E-state index >= 15 is 0 Å². The van der Waals surface area contributed by atoms with Gasteiger partial charge in [0, 0.05) is 31.8 Å². The van der Waals surface area contributed by atoms with Crippen molar-refractivity contribution in [2.75, 3.05) is 32.1 Å². The van der Waals surface area contributed by atoms with Crippen LogP contribution in [0.2, 0.25) is 0 Å². The highest BCUT2D eigenvalue weighted by molar-refractivity contribution is 5.99. The summed E-state index contributed by atoms with van der Waals surface area (Å²) in [6.45, 7) is 3.12. The van der Waals surface area contributed by atoms with Gasteiger partial charge in [0.05, 0.1) is 18.3 Å². The largest absolute Gasteiger partial charge is 0.481 e. The Morgan fingerprint density at radius 3 is 2.94 bits per heavy atom. The Bertz CT molecular complexity index is 1070. The number of nitrogens with zero attached hydrogens (tertiary/aromatic N) is 3. The number of nitrogens with one attached hydrogen (secondary N) is 1. The fraction of sp³-hybridized carbons (Fsp3) is 0.346. The first-order chi connectivity index (χ1) is 15.7. The summed E-state index contributed by atoms with van der Waals surface area (Å²) in [6.07, 6.45) is 9.87. The lowest BCUT2D eigenvalue weighted by Crippen LogP contribution is -2.35. The maximum absolute atomic E-state index is 12.6. The molecule has 6 nitrogen and oxygen atoms in total. The highest BCUT2D eigenvalue weighted by Gasteiger charge is 2.20. The fourth-order valence-electron chi connectivity index (χ4n) is 4.22. The van der Waals surface area contributed by atoms with Gasteiger partial charge in [0.2, 0.25) is 11.8 Å². The van der Waals surface area contributed by atoms with Gasteiger partial charge in [-0.15, -0.1) is 0 Å². The Labute approximate surface area is 189 Å². The van der Waals surface area contributed by atoms with Gasteiger partial charge in [-0.3, -0.25) is 14.7 Å². The monoisotopic (exact) mass is 430 g/mol. The van der Waals surface area contributed by atoms with Crippen molar-refractivity contribution in [2.24, 2.45) is 5.92 Å². The lowest BCUT2D eigenvalue weighted by Gasteiger charge is -2.31. The van der Waals surface area contributed by atoms with Crippen LogP contribution in [0, 0.1) is 5.92 Å². The van der Waals surface area contributed by atoms with Gasteiger partial charge in [-0.05, 0) is 49.4 Å². The molecule has 32 heavy (non-hydrogen) atoms. The van der Waals surface area contributed by atoms with Crippen LogP contribution in [0.15, 0.2) is 60.8 Å². The van der Waals surface area contributed by atoms with Gasteiger partial charge in [-0.25, -0.2) is 4.98 Å². The van der Waals surface area contributed by atoms with E-state index in [1.54, 1.807) is 25.4 Å². The first-order valence-corrected chi connectivity index (χ1v) is 11.2. The van der Waals surface area contributed by atoms with E-state index in [1.165, 1.54) is 18.4 Å². The average Bonchev–Trinajstić information content (AvgIpc) is 2.84. The van der Waals surface area contributed by atoms with Crippen molar-refractivity contribution in [3.63, 3.8) is 0 Å². The van der Waals surface area contributed by atoms with Crippen LogP contribution in [0.5, 0.6) is 5.88 Å². The maximum Gasteiger partial charge on any atom is 0.224 e. The highest BCUT2D eigenvalue weighted by atomic mass is 16.5. The van der Waals surface area contributed by atoms with Crippen LogP contribution in [0.25, 0.3) is 17.1 Å². The second-order valence-corrected chi connectivity index (χ2v) is 8.25. The van der Waals surface area contributed by atoms with Gasteiger partial charge in [0.25, 0.3) is 0 Å². The van der Waals surface area contributed by atoms with Crippen molar-refractivity contribution in [1.29, 1.82) is 0 Å². The Morgan fingerprint density at radius 1 is 1.22 bits per heavy atom. The van der Waals surface area contributed by atoms with Crippen LogP contribution < -0.4 is 10.1 Å². The SMILES string of the molecule is COc1ccc2nccc(NC(=O)CCC3CCCN(CC=Cc4ccccc4)C3)c2n1. The molecular weight excluding hydrogens is 400 g/mol. The number of anilines is 1. The number of piperidine rings is 1. The molecule has 1 saturated heterocycles. The van der Waals surface area contributed by atoms with Crippen LogP contribution in [-0.4, -0.2) is 47.5 Å². The minimum absolute atomic E-state index is 0.0169. The third-order valence-electron chi connectivity index (χ3n) is 5.90. The molecule has 1 aliphatic heterocycles. The van der Waals surface area contributed by atoms with Crippen molar-refractivity contribution in [3.8, 4) is 5.88 Å². The number of carbonyl (C=O) groups is 1. The third kappa shape index (κ3) is 5.92. The summed E-state index contributed by atoms with van der Waals surface area (Å²) in [7, 11) is 1.58. The van der Waals surface area contributed by atoms with E-state index in [4.69, 9.17) is 4.74 Å². The topological polar surface area (TPSA) is 67.3 Å². The molecule has 6 heteroatoms. The molecule has 1 aliphatic rings. The van der Waals surface area contributed by atoms with Gasteiger partial charge in [-0.2, -0.15) is 0 Å². The molecule has 4 rings (SSSR count). The number of rotatable bonds is 8. The average molecular weight is 431 g/mol. The molecule has 166 valence electrons. The Kier molecular flexibility index (Phi) is 7.46.